The highest BCUT2D eigenvalue weighted by molar-refractivity contribution is 6.74. The van der Waals surface area contributed by atoms with Crippen LogP contribution in [0, 0.1) is 39.4 Å². The Kier molecular flexibility index (Phi) is 10.5. The molecular weight excluding hydrogens is 612 g/mol. The molecule has 4 aliphatic rings. The predicted molar refractivity (Wildman–Crippen MR) is 207 cm³/mol. The highest BCUT2D eigenvalue weighted by Crippen LogP contribution is 2.73. The van der Waals surface area contributed by atoms with Gasteiger partial charge >= 0.3 is 0 Å². The summed E-state index contributed by atoms with van der Waals surface area (Å²) >= 11 is 0. The van der Waals surface area contributed by atoms with Gasteiger partial charge in [0.05, 0.1) is 12.2 Å². The van der Waals surface area contributed by atoms with Crippen molar-refractivity contribution >= 4 is 16.6 Å². The minimum absolute atomic E-state index is 0.0742. The maximum atomic E-state index is 16.7. The lowest BCUT2D eigenvalue weighted by Crippen LogP contribution is -2.62. The van der Waals surface area contributed by atoms with E-state index in [0.717, 1.165) is 19.3 Å². The molecule has 2 nitrogen and oxygen atoms in total. The van der Waals surface area contributed by atoms with Gasteiger partial charge in [0.25, 0.3) is 0 Å². The summed E-state index contributed by atoms with van der Waals surface area (Å²) in [5.74, 6) is 1.58. The van der Waals surface area contributed by atoms with Crippen molar-refractivity contribution < 1.29 is 13.2 Å². The molecule has 0 heterocycles. The van der Waals surface area contributed by atoms with Crippen LogP contribution in [0.2, 0.25) is 36.3 Å². The van der Waals surface area contributed by atoms with Crippen molar-refractivity contribution in [2.75, 3.05) is 0 Å². The Morgan fingerprint density at radius 2 is 1.45 bits per heavy atom. The van der Waals surface area contributed by atoms with Gasteiger partial charge in [-0.3, -0.25) is 0 Å². The molecule has 0 spiro atoms. The highest BCUT2D eigenvalue weighted by Gasteiger charge is 2.65. The van der Waals surface area contributed by atoms with Crippen LogP contribution in [0.4, 0.5) is 4.39 Å². The van der Waals surface area contributed by atoms with Crippen LogP contribution in [-0.4, -0.2) is 35.0 Å². The molecule has 0 N–H and O–H groups in total. The van der Waals surface area contributed by atoms with Crippen molar-refractivity contribution in [3.63, 3.8) is 0 Å². The average Bonchev–Trinajstić information content (AvgIpc) is 3.18. The fourth-order valence-electron chi connectivity index (χ4n) is 10.9. The van der Waals surface area contributed by atoms with Gasteiger partial charge in [0.2, 0.25) is 0 Å². The molecule has 2 saturated carbocycles. The average molecular weight is 689 g/mol. The summed E-state index contributed by atoms with van der Waals surface area (Å²) in [5, 5.41) is 0.268. The predicted octanol–water partition coefficient (Wildman–Crippen LogP) is 13.5. The molecule has 3 unspecified atom stereocenters. The number of rotatable bonds is 8. The van der Waals surface area contributed by atoms with Gasteiger partial charge in [-0.1, -0.05) is 106 Å². The summed E-state index contributed by atoms with van der Waals surface area (Å²) in [4.78, 5) is 0. The molecule has 0 saturated heterocycles. The number of hydrogen-bond acceptors (Lipinski definition) is 2. The Morgan fingerprint density at radius 1 is 0.872 bits per heavy atom. The number of fused-ring (bicyclic) bond motifs is 4. The Morgan fingerprint density at radius 3 is 1.98 bits per heavy atom. The molecule has 0 amide bonds. The molecule has 0 aromatic rings. The maximum absolute atomic E-state index is 16.7. The lowest BCUT2D eigenvalue weighted by molar-refractivity contribution is -0.129. The van der Waals surface area contributed by atoms with Gasteiger partial charge in [0.15, 0.2) is 16.6 Å². The third-order valence-corrected chi connectivity index (χ3v) is 25.1. The molecule has 4 rings (SSSR count). The molecule has 9 atom stereocenters. The molecule has 5 heteroatoms. The normalized spacial score (nSPS) is 37.5. The molecule has 47 heavy (non-hydrogen) atoms. The van der Waals surface area contributed by atoms with E-state index in [2.05, 4.69) is 129 Å². The number of halogens is 1. The second kappa shape index (κ2) is 12.5. The first-order valence-corrected chi connectivity index (χ1v) is 25.2. The quantitative estimate of drug-likeness (QED) is 0.187. The van der Waals surface area contributed by atoms with Crippen molar-refractivity contribution in [2.24, 2.45) is 39.4 Å². The zero-order valence-corrected chi connectivity index (χ0v) is 36.4. The Bertz CT molecular complexity index is 1230. The van der Waals surface area contributed by atoms with E-state index in [1.165, 1.54) is 31.3 Å². The molecule has 0 aromatic carbocycles. The van der Waals surface area contributed by atoms with Crippen molar-refractivity contribution in [3.05, 3.63) is 22.8 Å². The molecule has 4 aliphatic carbocycles. The van der Waals surface area contributed by atoms with Gasteiger partial charge in [-0.15, -0.1) is 0 Å². The van der Waals surface area contributed by atoms with Crippen LogP contribution in [0.5, 0.6) is 0 Å². The second-order valence-electron chi connectivity index (χ2n) is 21.5. The fraction of sp³-hybridized carbons (Fsp3) is 0.905. The third kappa shape index (κ3) is 6.54. The summed E-state index contributed by atoms with van der Waals surface area (Å²) < 4.78 is 31.0. The van der Waals surface area contributed by atoms with E-state index < -0.39 is 22.8 Å². The topological polar surface area (TPSA) is 18.5 Å². The molecular formula is C42H77FO2Si2. The van der Waals surface area contributed by atoms with Gasteiger partial charge < -0.3 is 8.85 Å². The van der Waals surface area contributed by atoms with Gasteiger partial charge in [-0.05, 0) is 141 Å². The van der Waals surface area contributed by atoms with Gasteiger partial charge in [0.1, 0.15) is 6.17 Å². The van der Waals surface area contributed by atoms with E-state index in [0.29, 0.717) is 24.2 Å². The SMILES string of the molecule is CC(C)=CCC(O[Si](C)(C)C(C)(C)C)[C@@H](C)[C@H]1CC[C@@]2(C)C3=C(CC[C@]12C)[C@@]1(C)C[C@@H](F)C(O[Si](C)(C)C(C)(C)C)C(C)(C)C1CC3. The van der Waals surface area contributed by atoms with E-state index in [1.807, 2.05) is 0 Å². The third-order valence-electron chi connectivity index (χ3n) is 16.1. The zero-order chi connectivity index (χ0) is 36.0. The van der Waals surface area contributed by atoms with E-state index in [4.69, 9.17) is 8.85 Å². The van der Waals surface area contributed by atoms with Crippen LogP contribution in [0.1, 0.15) is 148 Å². The number of hydrogen-bond donors (Lipinski definition) is 0. The van der Waals surface area contributed by atoms with E-state index in [9.17, 15) is 0 Å². The van der Waals surface area contributed by atoms with E-state index in [-0.39, 0.29) is 43.9 Å². The smallest absolute Gasteiger partial charge is 0.192 e. The van der Waals surface area contributed by atoms with Crippen LogP contribution in [-0.2, 0) is 8.85 Å². The van der Waals surface area contributed by atoms with Gasteiger partial charge in [0, 0.05) is 0 Å². The molecule has 0 aromatic heterocycles. The summed E-state index contributed by atoms with van der Waals surface area (Å²) in [7, 11) is -4.04. The largest absolute Gasteiger partial charge is 0.413 e. The fourth-order valence-corrected chi connectivity index (χ4v) is 13.8. The van der Waals surface area contributed by atoms with Crippen molar-refractivity contribution in [3.8, 4) is 0 Å². The first-order chi connectivity index (χ1) is 21.1. The van der Waals surface area contributed by atoms with Crippen molar-refractivity contribution in [1.29, 1.82) is 0 Å². The van der Waals surface area contributed by atoms with Crippen molar-refractivity contribution in [2.45, 2.75) is 203 Å². The summed E-state index contributed by atoms with van der Waals surface area (Å²) in [6.45, 7) is 42.8. The molecule has 0 bridgehead atoms. The van der Waals surface area contributed by atoms with Gasteiger partial charge in [-0.2, -0.15) is 0 Å². The molecule has 0 aliphatic heterocycles. The summed E-state index contributed by atoms with van der Waals surface area (Å²) in [5.41, 5.74) is 4.90. The van der Waals surface area contributed by atoms with Crippen LogP contribution in [0.15, 0.2) is 22.8 Å². The first kappa shape index (κ1) is 39.5. The lowest BCUT2D eigenvalue weighted by atomic mass is 9.43. The van der Waals surface area contributed by atoms with Crippen LogP contribution in [0.3, 0.4) is 0 Å². The van der Waals surface area contributed by atoms with Crippen LogP contribution in [0.25, 0.3) is 0 Å². The number of allylic oxidation sites excluding steroid dienone is 3. The van der Waals surface area contributed by atoms with E-state index in [1.54, 1.807) is 11.1 Å². The minimum Gasteiger partial charge on any atom is -0.413 e. The molecule has 272 valence electrons. The summed E-state index contributed by atoms with van der Waals surface area (Å²) in [6, 6.07) is 0. The molecule has 2 fully saturated rings. The Hall–Kier alpha value is -0.236. The second-order valence-corrected chi connectivity index (χ2v) is 31.0. The maximum Gasteiger partial charge on any atom is 0.192 e. The van der Waals surface area contributed by atoms with Crippen molar-refractivity contribution in [1.82, 2.24) is 0 Å². The molecule has 0 radical (unpaired) electrons. The minimum atomic E-state index is -2.11. The Labute approximate surface area is 294 Å². The monoisotopic (exact) mass is 689 g/mol. The standard InChI is InChI=1S/C42H77FO2Si2/c1-28(2)19-21-34(44-46(15,16)37(4,5)6)29(3)30-23-25-42(14)32-20-22-35-39(10,11)36(45-47(17,18)38(7,8)9)33(43)27-40(35,12)31(32)24-26-41(30,42)13/h19,29-30,33-36H,20-27H2,1-18H3/t29-,30+,33+,34?,35?,36?,40+,41+,42-/m0/s1. The first-order valence-electron chi connectivity index (χ1n) is 19.4. The summed E-state index contributed by atoms with van der Waals surface area (Å²) in [6.07, 6.45) is 10.3. The van der Waals surface area contributed by atoms with E-state index >= 15 is 4.39 Å². The zero-order valence-electron chi connectivity index (χ0n) is 34.4. The van der Waals surface area contributed by atoms with Crippen LogP contribution >= 0.6 is 0 Å². The lowest BCUT2D eigenvalue weighted by Gasteiger charge is -2.64. The Balaban J connectivity index is 1.68. The highest BCUT2D eigenvalue weighted by atomic mass is 28.4. The van der Waals surface area contributed by atoms with Gasteiger partial charge in [-0.25, -0.2) is 4.39 Å². The number of alkyl halides is 1. The van der Waals surface area contributed by atoms with Crippen LogP contribution < -0.4 is 0 Å².